The zero-order valence-electron chi connectivity index (χ0n) is 21.7. The first kappa shape index (κ1) is 28.1. The van der Waals surface area contributed by atoms with E-state index in [4.69, 9.17) is 14.2 Å². The predicted octanol–water partition coefficient (Wildman–Crippen LogP) is 8.28. The summed E-state index contributed by atoms with van der Waals surface area (Å²) in [6.45, 7) is 13.5. The quantitative estimate of drug-likeness (QED) is 0.105. The normalized spacial score (nSPS) is 11.9. The average Bonchev–Trinajstić information content (AvgIpc) is 2.85. The molecular formula is C29H40N2O4. The predicted molar refractivity (Wildman–Crippen MR) is 141 cm³/mol. The molecule has 0 amide bonds. The van der Waals surface area contributed by atoms with Crippen LogP contribution in [0.4, 0.5) is 11.4 Å². The van der Waals surface area contributed by atoms with Crippen LogP contribution in [-0.4, -0.2) is 25.8 Å². The Kier molecular flexibility index (Phi) is 12.6. The van der Waals surface area contributed by atoms with Crippen molar-refractivity contribution in [3.05, 3.63) is 60.2 Å². The maximum Gasteiger partial charge on any atom is 0.333 e. The second-order valence-corrected chi connectivity index (χ2v) is 8.97. The van der Waals surface area contributed by atoms with Crippen molar-refractivity contribution in [2.45, 2.75) is 66.2 Å². The van der Waals surface area contributed by atoms with Crippen molar-refractivity contribution < 1.29 is 19.0 Å². The molecule has 0 saturated heterocycles. The molecule has 2 aromatic carbocycles. The fourth-order valence-electron chi connectivity index (χ4n) is 3.19. The standard InChI is InChI=1S/C29H40N2O4/c1-6-23(4)17-20-33-27-14-11-25(12-15-27)30-31-26-13-16-28(24(5)21-26)34-18-9-7-8-10-19-35-29(32)22(2)3/h11-16,21,23H,2,6-10,17-20H2,1,3-5H3. The van der Waals surface area contributed by atoms with Crippen LogP contribution in [0.2, 0.25) is 0 Å². The van der Waals surface area contributed by atoms with Gasteiger partial charge in [-0.3, -0.25) is 0 Å². The molecule has 2 rings (SSSR count). The van der Waals surface area contributed by atoms with E-state index in [1.54, 1.807) is 6.92 Å². The highest BCUT2D eigenvalue weighted by Gasteiger charge is 2.04. The van der Waals surface area contributed by atoms with Gasteiger partial charge in [-0.2, -0.15) is 10.2 Å². The number of ether oxygens (including phenoxy) is 3. The van der Waals surface area contributed by atoms with E-state index >= 15 is 0 Å². The minimum Gasteiger partial charge on any atom is -0.494 e. The van der Waals surface area contributed by atoms with Crippen molar-refractivity contribution in [1.29, 1.82) is 0 Å². The summed E-state index contributed by atoms with van der Waals surface area (Å²) in [5.41, 5.74) is 3.03. The first-order chi connectivity index (χ1) is 16.9. The van der Waals surface area contributed by atoms with Crippen LogP contribution in [0.5, 0.6) is 11.5 Å². The third kappa shape index (κ3) is 11.2. The summed E-state index contributed by atoms with van der Waals surface area (Å²) in [4.78, 5) is 11.3. The highest BCUT2D eigenvalue weighted by molar-refractivity contribution is 5.86. The molecule has 190 valence electrons. The molecule has 0 aliphatic heterocycles. The van der Waals surface area contributed by atoms with Gasteiger partial charge in [0.15, 0.2) is 0 Å². The highest BCUT2D eigenvalue weighted by Crippen LogP contribution is 2.26. The number of hydrogen-bond donors (Lipinski definition) is 0. The number of carbonyl (C=O) groups excluding carboxylic acids is 1. The third-order valence-corrected chi connectivity index (χ3v) is 5.73. The molecule has 0 spiro atoms. The number of carbonyl (C=O) groups is 1. The Hall–Kier alpha value is -3.15. The summed E-state index contributed by atoms with van der Waals surface area (Å²) in [7, 11) is 0. The van der Waals surface area contributed by atoms with E-state index in [1.807, 2.05) is 49.4 Å². The fourth-order valence-corrected chi connectivity index (χ4v) is 3.19. The van der Waals surface area contributed by atoms with E-state index in [-0.39, 0.29) is 5.97 Å². The van der Waals surface area contributed by atoms with E-state index in [2.05, 4.69) is 30.7 Å². The Morgan fingerprint density at radius 1 is 0.914 bits per heavy atom. The number of esters is 1. The first-order valence-corrected chi connectivity index (χ1v) is 12.6. The molecular weight excluding hydrogens is 440 g/mol. The smallest absolute Gasteiger partial charge is 0.333 e. The van der Waals surface area contributed by atoms with Crippen molar-refractivity contribution in [1.82, 2.24) is 0 Å². The molecule has 6 nitrogen and oxygen atoms in total. The average molecular weight is 481 g/mol. The second-order valence-electron chi connectivity index (χ2n) is 8.97. The lowest BCUT2D eigenvalue weighted by Gasteiger charge is -2.10. The number of aryl methyl sites for hydroxylation is 1. The van der Waals surface area contributed by atoms with Gasteiger partial charge in [-0.05, 0) is 99.9 Å². The summed E-state index contributed by atoms with van der Waals surface area (Å²) in [6, 6.07) is 13.5. The molecule has 2 aromatic rings. The lowest BCUT2D eigenvalue weighted by Crippen LogP contribution is -2.06. The van der Waals surface area contributed by atoms with Gasteiger partial charge in [0.2, 0.25) is 0 Å². The summed E-state index contributed by atoms with van der Waals surface area (Å²) >= 11 is 0. The van der Waals surface area contributed by atoms with Gasteiger partial charge >= 0.3 is 5.97 Å². The molecule has 1 unspecified atom stereocenters. The van der Waals surface area contributed by atoms with Crippen LogP contribution < -0.4 is 9.47 Å². The van der Waals surface area contributed by atoms with Gasteiger partial charge < -0.3 is 14.2 Å². The van der Waals surface area contributed by atoms with E-state index in [1.165, 1.54) is 6.42 Å². The second kappa shape index (κ2) is 15.7. The van der Waals surface area contributed by atoms with Crippen LogP contribution >= 0.6 is 0 Å². The highest BCUT2D eigenvalue weighted by atomic mass is 16.5. The molecule has 0 heterocycles. The Balaban J connectivity index is 1.69. The molecule has 0 aromatic heterocycles. The summed E-state index contributed by atoms with van der Waals surface area (Å²) in [5, 5.41) is 8.69. The number of azo groups is 1. The molecule has 0 N–H and O–H groups in total. The molecule has 1 atom stereocenters. The summed E-state index contributed by atoms with van der Waals surface area (Å²) in [5.74, 6) is 2.08. The van der Waals surface area contributed by atoms with Crippen LogP contribution in [0.15, 0.2) is 64.8 Å². The van der Waals surface area contributed by atoms with E-state index in [0.717, 1.165) is 67.1 Å². The molecule has 0 radical (unpaired) electrons. The Morgan fingerprint density at radius 3 is 2.23 bits per heavy atom. The van der Waals surface area contributed by atoms with Crippen LogP contribution in [0.3, 0.4) is 0 Å². The minimum absolute atomic E-state index is 0.317. The van der Waals surface area contributed by atoms with Crippen molar-refractivity contribution in [2.24, 2.45) is 16.1 Å². The largest absolute Gasteiger partial charge is 0.494 e. The van der Waals surface area contributed by atoms with Crippen LogP contribution in [0.25, 0.3) is 0 Å². The molecule has 6 heteroatoms. The van der Waals surface area contributed by atoms with Gasteiger partial charge in [-0.25, -0.2) is 4.79 Å². The van der Waals surface area contributed by atoms with Crippen LogP contribution in [-0.2, 0) is 9.53 Å². The molecule has 0 fully saturated rings. The number of benzene rings is 2. The molecule has 35 heavy (non-hydrogen) atoms. The number of nitrogens with zero attached hydrogens (tertiary/aromatic N) is 2. The van der Waals surface area contributed by atoms with Crippen LogP contribution in [0.1, 0.15) is 64.9 Å². The molecule has 0 bridgehead atoms. The Bertz CT molecular complexity index is 954. The van der Waals surface area contributed by atoms with Gasteiger partial charge in [0.25, 0.3) is 0 Å². The summed E-state index contributed by atoms with van der Waals surface area (Å²) in [6.07, 6.45) is 6.06. The number of rotatable bonds is 16. The van der Waals surface area contributed by atoms with Crippen molar-refractivity contribution in [3.8, 4) is 11.5 Å². The van der Waals surface area contributed by atoms with E-state index < -0.39 is 0 Å². The van der Waals surface area contributed by atoms with Gasteiger partial charge in [0, 0.05) is 5.57 Å². The maximum absolute atomic E-state index is 11.3. The van der Waals surface area contributed by atoms with Gasteiger partial charge in [-0.1, -0.05) is 26.8 Å². The zero-order chi connectivity index (χ0) is 25.5. The topological polar surface area (TPSA) is 69.5 Å². The third-order valence-electron chi connectivity index (χ3n) is 5.73. The minimum atomic E-state index is -0.317. The fraction of sp³-hybridized carbons (Fsp3) is 0.483. The Morgan fingerprint density at radius 2 is 1.57 bits per heavy atom. The van der Waals surface area contributed by atoms with E-state index in [0.29, 0.717) is 24.7 Å². The molecule has 0 aliphatic carbocycles. The lowest BCUT2D eigenvalue weighted by atomic mass is 10.1. The van der Waals surface area contributed by atoms with Crippen molar-refractivity contribution >= 4 is 17.3 Å². The van der Waals surface area contributed by atoms with Crippen molar-refractivity contribution in [3.63, 3.8) is 0 Å². The molecule has 0 aliphatic rings. The van der Waals surface area contributed by atoms with Crippen molar-refractivity contribution in [2.75, 3.05) is 19.8 Å². The van der Waals surface area contributed by atoms with Gasteiger partial charge in [0.1, 0.15) is 11.5 Å². The molecule has 0 saturated carbocycles. The lowest BCUT2D eigenvalue weighted by molar-refractivity contribution is -0.139. The summed E-state index contributed by atoms with van der Waals surface area (Å²) < 4.78 is 16.8. The maximum atomic E-state index is 11.3. The van der Waals surface area contributed by atoms with E-state index in [9.17, 15) is 4.79 Å². The SMILES string of the molecule is C=C(C)C(=O)OCCCCCCOc1ccc(N=Nc2ccc(OCCC(C)CC)cc2)cc1C. The van der Waals surface area contributed by atoms with Crippen LogP contribution in [0, 0.1) is 12.8 Å². The monoisotopic (exact) mass is 480 g/mol. The number of hydrogen-bond acceptors (Lipinski definition) is 6. The van der Waals surface area contributed by atoms with Gasteiger partial charge in [-0.15, -0.1) is 0 Å². The zero-order valence-corrected chi connectivity index (χ0v) is 21.7. The Labute approximate surface area is 210 Å². The first-order valence-electron chi connectivity index (χ1n) is 12.6. The van der Waals surface area contributed by atoms with Gasteiger partial charge in [0.05, 0.1) is 31.2 Å². The number of unbranched alkanes of at least 4 members (excludes halogenated alkanes) is 3.